The minimum atomic E-state index is -4.79. The highest BCUT2D eigenvalue weighted by Gasteiger charge is 2.51. The number of carbonyl (C=O) groups is 2. The fourth-order valence-electron chi connectivity index (χ4n) is 3.21. The van der Waals surface area contributed by atoms with Crippen molar-refractivity contribution in [1.29, 1.82) is 0 Å². The normalized spacial score (nSPS) is 19.7. The van der Waals surface area contributed by atoms with E-state index in [-0.39, 0.29) is 12.3 Å². The lowest BCUT2D eigenvalue weighted by molar-refractivity contribution is -0.274. The molecule has 2 aromatic carbocycles. The first-order valence-corrected chi connectivity index (χ1v) is 8.63. The number of benzene rings is 2. The highest BCUT2D eigenvalue weighted by atomic mass is 19.4. The van der Waals surface area contributed by atoms with E-state index >= 15 is 0 Å². The van der Waals surface area contributed by atoms with Gasteiger partial charge in [0.25, 0.3) is 5.91 Å². The third-order valence-electron chi connectivity index (χ3n) is 4.69. The summed E-state index contributed by atoms with van der Waals surface area (Å²) in [4.78, 5) is 26.4. The van der Waals surface area contributed by atoms with E-state index in [0.29, 0.717) is 16.9 Å². The summed E-state index contributed by atoms with van der Waals surface area (Å²) in [5.41, 5.74) is -0.323. The van der Waals surface area contributed by atoms with Crippen LogP contribution in [0, 0.1) is 0 Å². The first-order valence-electron chi connectivity index (χ1n) is 8.63. The van der Waals surface area contributed by atoms with Gasteiger partial charge in [0.2, 0.25) is 0 Å². The Labute approximate surface area is 162 Å². The summed E-state index contributed by atoms with van der Waals surface area (Å²) < 4.78 is 46.3. The Balaban J connectivity index is 1.55. The molecule has 0 radical (unpaired) electrons. The molecule has 1 N–H and O–H groups in total. The van der Waals surface area contributed by atoms with Crippen molar-refractivity contribution in [3.63, 3.8) is 0 Å². The van der Waals surface area contributed by atoms with Crippen LogP contribution < -0.4 is 10.1 Å². The Morgan fingerprint density at radius 3 is 2.45 bits per heavy atom. The monoisotopic (exact) mass is 404 g/mol. The van der Waals surface area contributed by atoms with E-state index in [1.54, 1.807) is 25.1 Å². The van der Waals surface area contributed by atoms with Gasteiger partial charge in [-0.05, 0) is 36.8 Å². The predicted molar refractivity (Wildman–Crippen MR) is 95.8 cm³/mol. The molecule has 0 saturated carbocycles. The molecule has 1 aliphatic heterocycles. The van der Waals surface area contributed by atoms with Crippen LogP contribution in [0.25, 0.3) is 11.0 Å². The number of halogens is 3. The molecule has 150 valence electrons. The van der Waals surface area contributed by atoms with Crippen LogP contribution in [-0.4, -0.2) is 23.2 Å². The highest BCUT2D eigenvalue weighted by molar-refractivity contribution is 6.07. The number of nitrogens with zero attached hydrogens (tertiary/aromatic N) is 1. The maximum Gasteiger partial charge on any atom is 0.573 e. The van der Waals surface area contributed by atoms with Gasteiger partial charge in [-0.3, -0.25) is 9.69 Å². The molecule has 3 amide bonds. The van der Waals surface area contributed by atoms with Crippen molar-refractivity contribution in [1.82, 2.24) is 10.2 Å². The van der Waals surface area contributed by atoms with Gasteiger partial charge in [0.1, 0.15) is 17.1 Å². The molecule has 1 aliphatic rings. The second-order valence-corrected chi connectivity index (χ2v) is 6.79. The second kappa shape index (κ2) is 6.54. The molecule has 1 unspecified atom stereocenters. The molecule has 1 fully saturated rings. The number of imide groups is 1. The van der Waals surface area contributed by atoms with Crippen molar-refractivity contribution in [2.75, 3.05) is 0 Å². The number of hydrogen-bond donors (Lipinski definition) is 1. The summed E-state index contributed by atoms with van der Waals surface area (Å²) in [5.74, 6) is -0.601. The van der Waals surface area contributed by atoms with Crippen LogP contribution in [0.15, 0.2) is 59.0 Å². The summed E-state index contributed by atoms with van der Waals surface area (Å²) in [6, 6.07) is 13.3. The SMILES string of the molecule is CC1(c2cc3ccccc3o2)NC(=O)N(Cc2ccc(OC(F)(F)F)cc2)C1=O. The average molecular weight is 404 g/mol. The topological polar surface area (TPSA) is 71.8 Å². The number of alkyl halides is 3. The maximum absolute atomic E-state index is 13.0. The number of rotatable bonds is 4. The van der Waals surface area contributed by atoms with Crippen molar-refractivity contribution in [2.24, 2.45) is 0 Å². The molecule has 2 heterocycles. The zero-order chi connectivity index (χ0) is 20.8. The van der Waals surface area contributed by atoms with Crippen LogP contribution in [0.4, 0.5) is 18.0 Å². The molecule has 1 atom stereocenters. The maximum atomic E-state index is 13.0. The Morgan fingerprint density at radius 2 is 1.79 bits per heavy atom. The summed E-state index contributed by atoms with van der Waals surface area (Å²) in [7, 11) is 0. The lowest BCUT2D eigenvalue weighted by Gasteiger charge is -2.19. The van der Waals surface area contributed by atoms with Crippen molar-refractivity contribution < 1.29 is 31.9 Å². The Morgan fingerprint density at radius 1 is 1.10 bits per heavy atom. The number of furan rings is 1. The average Bonchev–Trinajstić information content (AvgIpc) is 3.18. The van der Waals surface area contributed by atoms with Crippen molar-refractivity contribution >= 4 is 22.9 Å². The third-order valence-corrected chi connectivity index (χ3v) is 4.69. The quantitative estimate of drug-likeness (QED) is 0.659. The van der Waals surface area contributed by atoms with Crippen LogP contribution in [0.3, 0.4) is 0 Å². The van der Waals surface area contributed by atoms with Crippen LogP contribution >= 0.6 is 0 Å². The number of fused-ring (bicyclic) bond motifs is 1. The van der Waals surface area contributed by atoms with Crippen molar-refractivity contribution in [2.45, 2.75) is 25.4 Å². The lowest BCUT2D eigenvalue weighted by Crippen LogP contribution is -2.40. The standard InChI is InChI=1S/C20H15F3N2O4/c1-19(16-10-13-4-2-3-5-15(13)28-16)17(26)25(18(27)24-19)11-12-6-8-14(9-7-12)29-20(21,22)23/h2-10H,11H2,1H3,(H,24,27). The molecule has 9 heteroatoms. The number of nitrogens with one attached hydrogen (secondary N) is 1. The Kier molecular flexibility index (Phi) is 4.25. The van der Waals surface area contributed by atoms with Gasteiger partial charge in [-0.1, -0.05) is 30.3 Å². The van der Waals surface area contributed by atoms with Crippen LogP contribution in [0.5, 0.6) is 5.75 Å². The highest BCUT2D eigenvalue weighted by Crippen LogP contribution is 2.33. The predicted octanol–water partition coefficient (Wildman–Crippen LogP) is 4.30. The molecule has 6 nitrogen and oxygen atoms in total. The van der Waals surface area contributed by atoms with E-state index in [0.717, 1.165) is 22.4 Å². The smallest absolute Gasteiger partial charge is 0.458 e. The molecule has 1 aromatic heterocycles. The van der Waals surface area contributed by atoms with Gasteiger partial charge in [0.05, 0.1) is 6.54 Å². The number of amides is 3. The Hall–Kier alpha value is -3.49. The van der Waals surface area contributed by atoms with E-state index in [1.807, 2.05) is 12.1 Å². The largest absolute Gasteiger partial charge is 0.573 e. The van der Waals surface area contributed by atoms with Gasteiger partial charge in [0.15, 0.2) is 5.54 Å². The molecule has 4 rings (SSSR count). The molecule has 29 heavy (non-hydrogen) atoms. The zero-order valence-electron chi connectivity index (χ0n) is 15.1. The van der Waals surface area contributed by atoms with Gasteiger partial charge in [0, 0.05) is 5.39 Å². The molecular weight excluding hydrogens is 389 g/mol. The first kappa shape index (κ1) is 18.9. The van der Waals surface area contributed by atoms with Gasteiger partial charge in [-0.25, -0.2) is 4.79 Å². The van der Waals surface area contributed by atoms with Crippen molar-refractivity contribution in [3.05, 3.63) is 65.9 Å². The third kappa shape index (κ3) is 3.51. The minimum absolute atomic E-state index is 0.104. The number of para-hydroxylation sites is 1. The van der Waals surface area contributed by atoms with Crippen molar-refractivity contribution in [3.8, 4) is 5.75 Å². The van der Waals surface area contributed by atoms with Gasteiger partial charge >= 0.3 is 12.4 Å². The molecular formula is C20H15F3N2O4. The van der Waals surface area contributed by atoms with E-state index in [1.165, 1.54) is 12.1 Å². The van der Waals surface area contributed by atoms with Gasteiger partial charge in [-0.15, -0.1) is 13.2 Å². The fourth-order valence-corrected chi connectivity index (χ4v) is 3.21. The number of carbonyl (C=O) groups excluding carboxylic acids is 2. The van der Waals surface area contributed by atoms with Crippen LogP contribution in [0.1, 0.15) is 18.2 Å². The molecule has 0 spiro atoms. The second-order valence-electron chi connectivity index (χ2n) is 6.79. The minimum Gasteiger partial charge on any atom is -0.458 e. The van der Waals surface area contributed by atoms with E-state index in [4.69, 9.17) is 4.42 Å². The van der Waals surface area contributed by atoms with E-state index in [2.05, 4.69) is 10.1 Å². The first-order chi connectivity index (χ1) is 13.7. The summed E-state index contributed by atoms with van der Waals surface area (Å²) in [6.45, 7) is 1.44. The van der Waals surface area contributed by atoms with Gasteiger partial charge < -0.3 is 14.5 Å². The summed E-state index contributed by atoms with van der Waals surface area (Å²) in [5, 5.41) is 3.44. The molecule has 1 saturated heterocycles. The fraction of sp³-hybridized carbons (Fsp3) is 0.200. The summed E-state index contributed by atoms with van der Waals surface area (Å²) >= 11 is 0. The molecule has 3 aromatic rings. The molecule has 0 aliphatic carbocycles. The summed E-state index contributed by atoms with van der Waals surface area (Å²) in [6.07, 6.45) is -4.79. The number of ether oxygens (including phenoxy) is 1. The van der Waals surface area contributed by atoms with E-state index in [9.17, 15) is 22.8 Å². The van der Waals surface area contributed by atoms with Crippen LogP contribution in [-0.2, 0) is 16.9 Å². The number of urea groups is 1. The van der Waals surface area contributed by atoms with Crippen LogP contribution in [0.2, 0.25) is 0 Å². The zero-order valence-corrected chi connectivity index (χ0v) is 15.1. The van der Waals surface area contributed by atoms with Gasteiger partial charge in [-0.2, -0.15) is 0 Å². The lowest BCUT2D eigenvalue weighted by atomic mass is 9.98. The number of hydrogen-bond acceptors (Lipinski definition) is 4. The Bertz CT molecular complexity index is 1060. The van der Waals surface area contributed by atoms with E-state index < -0.39 is 23.8 Å². The molecule has 0 bridgehead atoms.